The number of hydrogen-bond donors (Lipinski definition) is 2. The summed E-state index contributed by atoms with van der Waals surface area (Å²) < 4.78 is 13.0. The molecule has 1 unspecified atom stereocenters. The minimum absolute atomic E-state index is 0.0863. The van der Waals surface area contributed by atoms with Crippen LogP contribution in [0.3, 0.4) is 0 Å². The Labute approximate surface area is 132 Å². The Morgan fingerprint density at radius 2 is 2.05 bits per heavy atom. The Kier molecular flexibility index (Phi) is 5.95. The fourth-order valence-corrected chi connectivity index (χ4v) is 3.00. The Morgan fingerprint density at radius 1 is 1.36 bits per heavy atom. The van der Waals surface area contributed by atoms with Crippen molar-refractivity contribution in [1.29, 1.82) is 0 Å². The summed E-state index contributed by atoms with van der Waals surface area (Å²) >= 11 is 0. The van der Waals surface area contributed by atoms with Crippen LogP contribution >= 0.6 is 0 Å². The van der Waals surface area contributed by atoms with Crippen LogP contribution in [0.15, 0.2) is 24.3 Å². The van der Waals surface area contributed by atoms with Crippen LogP contribution in [0.1, 0.15) is 39.2 Å². The van der Waals surface area contributed by atoms with E-state index in [0.717, 1.165) is 31.4 Å². The van der Waals surface area contributed by atoms with Crippen LogP contribution in [0.4, 0.5) is 4.39 Å². The average Bonchev–Trinajstić information content (AvgIpc) is 2.48. The van der Waals surface area contributed by atoms with E-state index < -0.39 is 0 Å². The molecule has 1 aromatic rings. The molecule has 0 saturated carbocycles. The quantitative estimate of drug-likeness (QED) is 0.878. The first-order chi connectivity index (χ1) is 10.5. The zero-order valence-corrected chi connectivity index (χ0v) is 13.7. The molecule has 1 amide bonds. The molecule has 1 aliphatic rings. The fraction of sp³-hybridized carbons (Fsp3) is 0.611. The maximum absolute atomic E-state index is 13.0. The van der Waals surface area contributed by atoms with E-state index in [9.17, 15) is 9.18 Å². The first kappa shape index (κ1) is 16.9. The van der Waals surface area contributed by atoms with E-state index in [1.807, 2.05) is 0 Å². The lowest BCUT2D eigenvalue weighted by atomic mass is 9.90. The van der Waals surface area contributed by atoms with Gasteiger partial charge in [0.25, 0.3) is 0 Å². The maximum Gasteiger partial charge on any atom is 0.223 e. The van der Waals surface area contributed by atoms with Crippen molar-refractivity contribution in [3.8, 4) is 0 Å². The molecule has 0 aliphatic carbocycles. The van der Waals surface area contributed by atoms with Crippen molar-refractivity contribution < 1.29 is 9.18 Å². The summed E-state index contributed by atoms with van der Waals surface area (Å²) in [5, 5.41) is 6.58. The summed E-state index contributed by atoms with van der Waals surface area (Å²) in [5.74, 6) is 0.380. The number of amides is 1. The lowest BCUT2D eigenvalue weighted by molar-refractivity contribution is -0.127. The second kappa shape index (κ2) is 7.73. The molecule has 2 rings (SSSR count). The molecule has 2 N–H and O–H groups in total. The first-order valence-electron chi connectivity index (χ1n) is 8.24. The molecule has 22 heavy (non-hydrogen) atoms. The Hall–Kier alpha value is -1.42. The van der Waals surface area contributed by atoms with Gasteiger partial charge >= 0.3 is 0 Å². The van der Waals surface area contributed by atoms with Gasteiger partial charge in [-0.25, -0.2) is 4.39 Å². The van der Waals surface area contributed by atoms with Gasteiger partial charge in [-0.15, -0.1) is 0 Å². The summed E-state index contributed by atoms with van der Waals surface area (Å²) in [6.07, 6.45) is 2.54. The Balaban J connectivity index is 1.96. The average molecular weight is 306 g/mol. The maximum atomic E-state index is 13.0. The smallest absolute Gasteiger partial charge is 0.223 e. The third-order valence-corrected chi connectivity index (χ3v) is 4.50. The molecule has 1 fully saturated rings. The van der Waals surface area contributed by atoms with Gasteiger partial charge in [0.1, 0.15) is 5.82 Å². The number of carbonyl (C=O) groups is 1. The zero-order valence-electron chi connectivity index (χ0n) is 13.7. The molecule has 122 valence electrons. The van der Waals surface area contributed by atoms with Crippen molar-refractivity contribution in [2.45, 2.75) is 52.1 Å². The van der Waals surface area contributed by atoms with E-state index in [1.165, 1.54) is 12.1 Å². The lowest BCUT2D eigenvalue weighted by Gasteiger charge is -2.30. The molecular formula is C18H27FN2O. The summed E-state index contributed by atoms with van der Waals surface area (Å²) in [6, 6.07) is 7.03. The van der Waals surface area contributed by atoms with Gasteiger partial charge in [0.2, 0.25) is 5.91 Å². The molecule has 3 atom stereocenters. The van der Waals surface area contributed by atoms with Gasteiger partial charge in [0.15, 0.2) is 0 Å². The Morgan fingerprint density at radius 3 is 2.64 bits per heavy atom. The van der Waals surface area contributed by atoms with Crippen molar-refractivity contribution in [1.82, 2.24) is 10.6 Å². The number of benzene rings is 1. The molecule has 1 saturated heterocycles. The highest BCUT2D eigenvalue weighted by atomic mass is 19.1. The van der Waals surface area contributed by atoms with Gasteiger partial charge in [-0.2, -0.15) is 0 Å². The lowest BCUT2D eigenvalue weighted by Crippen LogP contribution is -2.47. The number of rotatable bonds is 5. The molecule has 1 heterocycles. The highest BCUT2D eigenvalue weighted by Crippen LogP contribution is 2.18. The minimum Gasteiger partial charge on any atom is -0.353 e. The molecule has 0 radical (unpaired) electrons. The second-order valence-electron chi connectivity index (χ2n) is 6.77. The molecule has 1 aliphatic heterocycles. The van der Waals surface area contributed by atoms with Crippen LogP contribution in [0.25, 0.3) is 0 Å². The molecule has 0 spiro atoms. The predicted octanol–water partition coefficient (Wildman–Crippen LogP) is 2.90. The number of nitrogens with one attached hydrogen (secondary N) is 2. The van der Waals surface area contributed by atoms with E-state index in [2.05, 4.69) is 31.4 Å². The molecular weight excluding hydrogens is 279 g/mol. The van der Waals surface area contributed by atoms with Crippen LogP contribution in [-0.4, -0.2) is 24.5 Å². The molecule has 4 heteroatoms. The summed E-state index contributed by atoms with van der Waals surface area (Å²) in [7, 11) is 0. The van der Waals surface area contributed by atoms with E-state index in [0.29, 0.717) is 12.0 Å². The van der Waals surface area contributed by atoms with Gasteiger partial charge in [-0.3, -0.25) is 4.79 Å². The normalized spacial score (nSPS) is 23.3. The van der Waals surface area contributed by atoms with Gasteiger partial charge in [-0.05, 0) is 56.3 Å². The van der Waals surface area contributed by atoms with Crippen LogP contribution in [0, 0.1) is 17.7 Å². The van der Waals surface area contributed by atoms with E-state index in [4.69, 9.17) is 0 Å². The van der Waals surface area contributed by atoms with Gasteiger partial charge < -0.3 is 10.6 Å². The summed E-state index contributed by atoms with van der Waals surface area (Å²) in [6.45, 7) is 7.25. The fourth-order valence-electron chi connectivity index (χ4n) is 3.00. The van der Waals surface area contributed by atoms with Gasteiger partial charge in [-0.1, -0.05) is 26.0 Å². The summed E-state index contributed by atoms with van der Waals surface area (Å²) in [4.78, 5) is 12.5. The number of hydrogen-bond acceptors (Lipinski definition) is 2. The van der Waals surface area contributed by atoms with Crippen molar-refractivity contribution in [2.24, 2.45) is 11.8 Å². The second-order valence-corrected chi connectivity index (χ2v) is 6.77. The zero-order chi connectivity index (χ0) is 16.1. The molecule has 0 aromatic heterocycles. The number of halogens is 1. The highest BCUT2D eigenvalue weighted by Gasteiger charge is 2.27. The highest BCUT2D eigenvalue weighted by molar-refractivity contribution is 5.79. The standard InChI is InChI=1S/C18H27FN2O/c1-12(2)17(11-14-4-6-16(19)7-5-14)21-18(22)15-8-9-20-13(3)10-15/h4-7,12-13,15,17,20H,8-11H2,1-3H3,(H,21,22)/t13-,15-,17?/m0/s1. The van der Waals surface area contributed by atoms with Crippen molar-refractivity contribution in [3.63, 3.8) is 0 Å². The van der Waals surface area contributed by atoms with E-state index in [-0.39, 0.29) is 23.7 Å². The number of piperidine rings is 1. The molecule has 1 aromatic carbocycles. The predicted molar refractivity (Wildman–Crippen MR) is 87.1 cm³/mol. The van der Waals surface area contributed by atoms with Crippen molar-refractivity contribution in [2.75, 3.05) is 6.54 Å². The minimum atomic E-state index is -0.224. The first-order valence-corrected chi connectivity index (χ1v) is 8.24. The van der Waals surface area contributed by atoms with Crippen LogP contribution in [-0.2, 0) is 11.2 Å². The van der Waals surface area contributed by atoms with Gasteiger partial charge in [0.05, 0.1) is 0 Å². The van der Waals surface area contributed by atoms with Crippen LogP contribution in [0.5, 0.6) is 0 Å². The van der Waals surface area contributed by atoms with Gasteiger partial charge in [0, 0.05) is 18.0 Å². The van der Waals surface area contributed by atoms with Crippen molar-refractivity contribution >= 4 is 5.91 Å². The third-order valence-electron chi connectivity index (χ3n) is 4.50. The SMILES string of the molecule is CC(C)C(Cc1ccc(F)cc1)NC(=O)[C@H]1CCN[C@@H](C)C1. The monoisotopic (exact) mass is 306 g/mol. The van der Waals surface area contributed by atoms with Crippen LogP contribution in [0.2, 0.25) is 0 Å². The largest absolute Gasteiger partial charge is 0.353 e. The number of carbonyl (C=O) groups excluding carboxylic acids is 1. The van der Waals surface area contributed by atoms with Crippen LogP contribution < -0.4 is 10.6 Å². The summed E-state index contributed by atoms with van der Waals surface area (Å²) in [5.41, 5.74) is 1.05. The Bertz CT molecular complexity index is 486. The third kappa shape index (κ3) is 4.80. The van der Waals surface area contributed by atoms with E-state index >= 15 is 0 Å². The van der Waals surface area contributed by atoms with E-state index in [1.54, 1.807) is 12.1 Å². The molecule has 0 bridgehead atoms. The topological polar surface area (TPSA) is 41.1 Å². The molecule has 3 nitrogen and oxygen atoms in total. The van der Waals surface area contributed by atoms with Crippen molar-refractivity contribution in [3.05, 3.63) is 35.6 Å².